The summed E-state index contributed by atoms with van der Waals surface area (Å²) in [5, 5.41) is 3.71. The van der Waals surface area contributed by atoms with Crippen molar-refractivity contribution in [2.24, 2.45) is 0 Å². The molecule has 0 aromatic heterocycles. The third kappa shape index (κ3) is 8.45. The summed E-state index contributed by atoms with van der Waals surface area (Å²) in [7, 11) is 1.64. The van der Waals surface area contributed by atoms with Gasteiger partial charge in [-0.05, 0) is 52.9 Å². The maximum atomic E-state index is 13.8. The van der Waals surface area contributed by atoms with Gasteiger partial charge in [0.05, 0.1) is 13.5 Å². The van der Waals surface area contributed by atoms with Crippen LogP contribution in [0.2, 0.25) is 5.02 Å². The van der Waals surface area contributed by atoms with Gasteiger partial charge in [-0.15, -0.1) is 0 Å². The van der Waals surface area contributed by atoms with E-state index in [-0.39, 0.29) is 18.2 Å². The van der Waals surface area contributed by atoms with Gasteiger partial charge in [-0.25, -0.2) is 0 Å². The van der Waals surface area contributed by atoms with Gasteiger partial charge in [0.2, 0.25) is 11.8 Å². The van der Waals surface area contributed by atoms with Crippen LogP contribution in [0.1, 0.15) is 22.3 Å². The highest BCUT2D eigenvalue weighted by Crippen LogP contribution is 2.18. The summed E-state index contributed by atoms with van der Waals surface area (Å²) in [4.78, 5) is 29.2. The maximum absolute atomic E-state index is 13.8. The summed E-state index contributed by atoms with van der Waals surface area (Å²) >= 11 is 6.05. The van der Waals surface area contributed by atoms with Gasteiger partial charge in [-0.2, -0.15) is 0 Å². The van der Waals surface area contributed by atoms with Gasteiger partial charge in [0.25, 0.3) is 0 Å². The molecule has 1 atom stereocenters. The molecule has 4 aromatic rings. The number of halogens is 1. The average Bonchev–Trinajstić information content (AvgIpc) is 2.97. The molecule has 1 N–H and O–H groups in total. The van der Waals surface area contributed by atoms with E-state index in [0.29, 0.717) is 31.0 Å². The molecule has 0 bridgehead atoms. The van der Waals surface area contributed by atoms with E-state index in [0.717, 1.165) is 28.0 Å². The van der Waals surface area contributed by atoms with Gasteiger partial charge in [0, 0.05) is 24.5 Å². The van der Waals surface area contributed by atoms with Crippen LogP contribution < -0.4 is 10.1 Å². The molecule has 0 heterocycles. The van der Waals surface area contributed by atoms with Crippen LogP contribution in [0.3, 0.4) is 0 Å². The molecule has 0 aliphatic rings. The SMILES string of the molecule is COc1ccc(CCNC(=O)C(Cc2ccccc2)N(Cc2ccccc2)C(=O)Cc2ccc(Cl)cc2)cc1. The van der Waals surface area contributed by atoms with E-state index in [9.17, 15) is 9.59 Å². The van der Waals surface area contributed by atoms with Crippen LogP contribution in [-0.4, -0.2) is 36.4 Å². The van der Waals surface area contributed by atoms with E-state index in [1.54, 1.807) is 24.1 Å². The first-order valence-corrected chi connectivity index (χ1v) is 13.4. The van der Waals surface area contributed by atoms with E-state index in [2.05, 4.69) is 5.32 Å². The first-order valence-electron chi connectivity index (χ1n) is 13.0. The molecule has 0 fully saturated rings. The van der Waals surface area contributed by atoms with Crippen molar-refractivity contribution in [2.45, 2.75) is 31.8 Å². The molecule has 0 spiro atoms. The second-order valence-corrected chi connectivity index (χ2v) is 9.84. The number of hydrogen-bond donors (Lipinski definition) is 1. The van der Waals surface area contributed by atoms with Gasteiger partial charge in [0.1, 0.15) is 11.8 Å². The molecule has 1 unspecified atom stereocenters. The predicted octanol–water partition coefficient (Wildman–Crippen LogP) is 5.89. The zero-order valence-corrected chi connectivity index (χ0v) is 22.8. The number of ether oxygens (including phenoxy) is 1. The fraction of sp³-hybridized carbons (Fsp3) is 0.212. The van der Waals surface area contributed by atoms with E-state index in [4.69, 9.17) is 16.3 Å². The second kappa shape index (κ2) is 14.2. The second-order valence-electron chi connectivity index (χ2n) is 9.41. The minimum Gasteiger partial charge on any atom is -0.497 e. The Bertz CT molecular complexity index is 1330. The number of hydrogen-bond acceptors (Lipinski definition) is 3. The van der Waals surface area contributed by atoms with Crippen LogP contribution in [0.15, 0.2) is 109 Å². The molecular formula is C33H33ClN2O3. The van der Waals surface area contributed by atoms with Crippen LogP contribution in [0.5, 0.6) is 5.75 Å². The largest absolute Gasteiger partial charge is 0.497 e. The smallest absolute Gasteiger partial charge is 0.243 e. The Hall–Kier alpha value is -4.09. The normalized spacial score (nSPS) is 11.4. The Morgan fingerprint density at radius 1 is 0.769 bits per heavy atom. The summed E-state index contributed by atoms with van der Waals surface area (Å²) in [6.45, 7) is 0.789. The number of amides is 2. The van der Waals surface area contributed by atoms with Crippen molar-refractivity contribution in [1.82, 2.24) is 10.2 Å². The van der Waals surface area contributed by atoms with E-state index in [1.807, 2.05) is 97.1 Å². The third-order valence-corrected chi connectivity index (χ3v) is 6.86. The first-order chi connectivity index (χ1) is 19.0. The molecule has 0 radical (unpaired) electrons. The first kappa shape index (κ1) is 27.9. The molecular weight excluding hydrogens is 508 g/mol. The summed E-state index contributed by atoms with van der Waals surface area (Å²) in [5.41, 5.74) is 3.90. The Kier molecular flexibility index (Phi) is 10.1. The molecule has 39 heavy (non-hydrogen) atoms. The molecule has 0 saturated heterocycles. The van der Waals surface area contributed by atoms with Gasteiger partial charge >= 0.3 is 0 Å². The van der Waals surface area contributed by atoms with Crippen molar-refractivity contribution in [1.29, 1.82) is 0 Å². The van der Waals surface area contributed by atoms with E-state index < -0.39 is 6.04 Å². The molecule has 200 valence electrons. The molecule has 0 saturated carbocycles. The topological polar surface area (TPSA) is 58.6 Å². The zero-order chi connectivity index (χ0) is 27.5. The van der Waals surface area contributed by atoms with Crippen molar-refractivity contribution in [3.63, 3.8) is 0 Å². The van der Waals surface area contributed by atoms with E-state index >= 15 is 0 Å². The monoisotopic (exact) mass is 540 g/mol. The van der Waals surface area contributed by atoms with Gasteiger partial charge < -0.3 is 15.0 Å². The van der Waals surface area contributed by atoms with Gasteiger partial charge in [0.15, 0.2) is 0 Å². The van der Waals surface area contributed by atoms with Crippen LogP contribution >= 0.6 is 11.6 Å². The van der Waals surface area contributed by atoms with Crippen LogP contribution in [0, 0.1) is 0 Å². The predicted molar refractivity (Wildman–Crippen MR) is 156 cm³/mol. The fourth-order valence-corrected chi connectivity index (χ4v) is 4.58. The Balaban J connectivity index is 1.56. The van der Waals surface area contributed by atoms with Crippen molar-refractivity contribution >= 4 is 23.4 Å². The number of benzene rings is 4. The highest BCUT2D eigenvalue weighted by molar-refractivity contribution is 6.30. The highest BCUT2D eigenvalue weighted by atomic mass is 35.5. The Labute approximate surface area is 235 Å². The quantitative estimate of drug-likeness (QED) is 0.244. The minimum atomic E-state index is -0.678. The van der Waals surface area contributed by atoms with Crippen molar-refractivity contribution < 1.29 is 14.3 Å². The lowest BCUT2D eigenvalue weighted by Gasteiger charge is -2.31. The lowest BCUT2D eigenvalue weighted by Crippen LogP contribution is -2.51. The number of rotatable bonds is 12. The summed E-state index contributed by atoms with van der Waals surface area (Å²) < 4.78 is 5.23. The molecule has 2 amide bonds. The molecule has 0 aliphatic carbocycles. The standard InChI is InChI=1S/C33H33ClN2O3/c1-39-30-18-14-25(15-19-30)20-21-35-33(38)31(22-26-8-4-2-5-9-26)36(24-28-10-6-3-7-11-28)32(37)23-27-12-16-29(34)17-13-27/h2-19,31H,20-24H2,1H3,(H,35,38). The average molecular weight is 541 g/mol. The number of nitrogens with zero attached hydrogens (tertiary/aromatic N) is 1. The molecule has 5 nitrogen and oxygen atoms in total. The number of methoxy groups -OCH3 is 1. The molecule has 4 aromatic carbocycles. The lowest BCUT2D eigenvalue weighted by atomic mass is 10.0. The van der Waals surface area contributed by atoms with Gasteiger partial charge in [-0.3, -0.25) is 9.59 Å². The number of nitrogens with one attached hydrogen (secondary N) is 1. The van der Waals surface area contributed by atoms with Crippen LogP contribution in [-0.2, 0) is 35.4 Å². The summed E-state index contributed by atoms with van der Waals surface area (Å²) in [6, 6.07) is 34.0. The highest BCUT2D eigenvalue weighted by Gasteiger charge is 2.30. The van der Waals surface area contributed by atoms with Crippen molar-refractivity contribution in [3.05, 3.63) is 136 Å². The maximum Gasteiger partial charge on any atom is 0.243 e. The lowest BCUT2D eigenvalue weighted by molar-refractivity contribution is -0.140. The Morgan fingerprint density at radius 3 is 1.97 bits per heavy atom. The Morgan fingerprint density at radius 2 is 1.36 bits per heavy atom. The van der Waals surface area contributed by atoms with Crippen LogP contribution in [0.25, 0.3) is 0 Å². The zero-order valence-electron chi connectivity index (χ0n) is 22.1. The number of carbonyl (C=O) groups excluding carboxylic acids is 2. The molecule has 0 aliphatic heterocycles. The fourth-order valence-electron chi connectivity index (χ4n) is 4.45. The van der Waals surface area contributed by atoms with Gasteiger partial charge in [-0.1, -0.05) is 96.5 Å². The molecule has 4 rings (SSSR count). The summed E-state index contributed by atoms with van der Waals surface area (Å²) in [5.74, 6) is 0.502. The number of carbonyl (C=O) groups is 2. The third-order valence-electron chi connectivity index (χ3n) is 6.61. The molecule has 6 heteroatoms. The minimum absolute atomic E-state index is 0.118. The summed E-state index contributed by atoms with van der Waals surface area (Å²) in [6.07, 6.45) is 1.26. The van der Waals surface area contributed by atoms with E-state index in [1.165, 1.54) is 0 Å². The van der Waals surface area contributed by atoms with Crippen molar-refractivity contribution in [3.8, 4) is 5.75 Å². The van der Waals surface area contributed by atoms with Crippen molar-refractivity contribution in [2.75, 3.05) is 13.7 Å². The van der Waals surface area contributed by atoms with Crippen LogP contribution in [0.4, 0.5) is 0 Å².